The van der Waals surface area contributed by atoms with Crippen LogP contribution in [0.2, 0.25) is 0 Å². The van der Waals surface area contributed by atoms with Crippen LogP contribution in [-0.4, -0.2) is 50.9 Å². The van der Waals surface area contributed by atoms with Crippen molar-refractivity contribution in [3.63, 3.8) is 0 Å². The first-order chi connectivity index (χ1) is 14.4. The Kier molecular flexibility index (Phi) is 5.81. The van der Waals surface area contributed by atoms with Crippen molar-refractivity contribution < 1.29 is 9.18 Å². The van der Waals surface area contributed by atoms with Crippen molar-refractivity contribution in [2.24, 2.45) is 0 Å². The molecule has 30 heavy (non-hydrogen) atoms. The third kappa shape index (κ3) is 4.21. The Morgan fingerprint density at radius 2 is 2.03 bits per heavy atom. The molecule has 0 bridgehead atoms. The van der Waals surface area contributed by atoms with Crippen LogP contribution in [0.3, 0.4) is 0 Å². The molecule has 7 heteroatoms. The van der Waals surface area contributed by atoms with E-state index in [-0.39, 0.29) is 17.8 Å². The topological polar surface area (TPSA) is 53.7 Å². The highest BCUT2D eigenvalue weighted by atomic mass is 19.1. The zero-order valence-corrected chi connectivity index (χ0v) is 17.8. The summed E-state index contributed by atoms with van der Waals surface area (Å²) in [6.07, 6.45) is 4.83. The van der Waals surface area contributed by atoms with Crippen LogP contribution in [0.5, 0.6) is 0 Å². The molecule has 1 unspecified atom stereocenters. The second-order valence-corrected chi connectivity index (χ2v) is 8.33. The van der Waals surface area contributed by atoms with Crippen molar-refractivity contribution in [3.8, 4) is 0 Å². The van der Waals surface area contributed by atoms with Crippen LogP contribution in [0.15, 0.2) is 36.5 Å². The number of hydrogen-bond acceptors (Lipinski definition) is 4. The first kappa shape index (κ1) is 20.5. The van der Waals surface area contributed by atoms with E-state index in [0.717, 1.165) is 54.1 Å². The zero-order chi connectivity index (χ0) is 21.3. The van der Waals surface area contributed by atoms with E-state index in [4.69, 9.17) is 0 Å². The normalized spacial score (nSPS) is 16.7. The number of rotatable bonds is 6. The van der Waals surface area contributed by atoms with Gasteiger partial charge in [-0.1, -0.05) is 12.1 Å². The SMILES string of the molecule is Cc1cc2ncc(CN(C)C)c(C3CCCN3C(=O)CCc3ccc(F)cc3)n2n1. The Balaban J connectivity index is 1.61. The zero-order valence-electron chi connectivity index (χ0n) is 17.8. The Hall–Kier alpha value is -2.80. The molecular weight excluding hydrogens is 381 g/mol. The molecule has 1 aromatic carbocycles. The van der Waals surface area contributed by atoms with E-state index in [9.17, 15) is 9.18 Å². The smallest absolute Gasteiger partial charge is 0.223 e. The number of fused-ring (bicyclic) bond motifs is 1. The van der Waals surface area contributed by atoms with E-state index in [1.807, 2.05) is 42.7 Å². The highest BCUT2D eigenvalue weighted by Gasteiger charge is 2.33. The molecule has 6 nitrogen and oxygen atoms in total. The fraction of sp³-hybridized carbons (Fsp3) is 0.435. The lowest BCUT2D eigenvalue weighted by Crippen LogP contribution is -2.33. The number of nitrogens with zero attached hydrogens (tertiary/aromatic N) is 5. The fourth-order valence-electron chi connectivity index (χ4n) is 4.31. The van der Waals surface area contributed by atoms with Gasteiger partial charge in [0.05, 0.1) is 17.4 Å². The molecule has 1 aliphatic rings. The molecule has 4 rings (SSSR count). The number of halogens is 1. The second kappa shape index (κ2) is 8.52. The average Bonchev–Trinajstić information content (AvgIpc) is 3.33. The summed E-state index contributed by atoms with van der Waals surface area (Å²) in [5, 5.41) is 4.68. The molecule has 1 fully saturated rings. The van der Waals surface area contributed by atoms with Gasteiger partial charge in [-0.05, 0) is 58.0 Å². The first-order valence-corrected chi connectivity index (χ1v) is 10.4. The molecule has 1 amide bonds. The van der Waals surface area contributed by atoms with Gasteiger partial charge in [0.2, 0.25) is 5.91 Å². The summed E-state index contributed by atoms with van der Waals surface area (Å²) in [5.41, 5.74) is 4.87. The molecule has 0 spiro atoms. The molecule has 3 heterocycles. The monoisotopic (exact) mass is 409 g/mol. The van der Waals surface area contributed by atoms with E-state index >= 15 is 0 Å². The van der Waals surface area contributed by atoms with E-state index in [1.54, 1.807) is 12.1 Å². The van der Waals surface area contributed by atoms with Crippen LogP contribution >= 0.6 is 0 Å². The summed E-state index contributed by atoms with van der Waals surface area (Å²) in [4.78, 5) is 21.8. The Morgan fingerprint density at radius 1 is 1.27 bits per heavy atom. The van der Waals surface area contributed by atoms with Gasteiger partial charge in [-0.3, -0.25) is 4.79 Å². The molecule has 0 N–H and O–H groups in total. The maximum Gasteiger partial charge on any atom is 0.223 e. The second-order valence-electron chi connectivity index (χ2n) is 8.33. The van der Waals surface area contributed by atoms with Gasteiger partial charge < -0.3 is 9.80 Å². The predicted octanol–water partition coefficient (Wildman–Crippen LogP) is 3.53. The highest BCUT2D eigenvalue weighted by Crippen LogP contribution is 2.35. The van der Waals surface area contributed by atoms with Crippen LogP contribution < -0.4 is 0 Å². The maximum atomic E-state index is 13.1. The molecule has 1 saturated heterocycles. The van der Waals surface area contributed by atoms with Crippen LogP contribution in [0.4, 0.5) is 4.39 Å². The molecule has 3 aromatic rings. The van der Waals surface area contributed by atoms with Gasteiger partial charge in [-0.15, -0.1) is 0 Å². The highest BCUT2D eigenvalue weighted by molar-refractivity contribution is 5.77. The number of hydrogen-bond donors (Lipinski definition) is 0. The van der Waals surface area contributed by atoms with Gasteiger partial charge in [-0.25, -0.2) is 13.9 Å². The lowest BCUT2D eigenvalue weighted by molar-refractivity contribution is -0.132. The van der Waals surface area contributed by atoms with Crippen LogP contribution in [0, 0.1) is 12.7 Å². The lowest BCUT2D eigenvalue weighted by atomic mass is 10.0. The average molecular weight is 410 g/mol. The predicted molar refractivity (Wildman–Crippen MR) is 114 cm³/mol. The van der Waals surface area contributed by atoms with Crippen molar-refractivity contribution in [1.82, 2.24) is 24.4 Å². The number of amides is 1. The van der Waals surface area contributed by atoms with Gasteiger partial charge in [-0.2, -0.15) is 5.10 Å². The van der Waals surface area contributed by atoms with Crippen molar-refractivity contribution in [1.29, 1.82) is 0 Å². The summed E-state index contributed by atoms with van der Waals surface area (Å²) in [6, 6.07) is 8.35. The van der Waals surface area contributed by atoms with Crippen molar-refractivity contribution in [3.05, 3.63) is 64.9 Å². The third-order valence-corrected chi connectivity index (χ3v) is 5.64. The number of benzene rings is 1. The molecule has 158 valence electrons. The molecule has 1 aliphatic heterocycles. The van der Waals surface area contributed by atoms with Gasteiger partial charge >= 0.3 is 0 Å². The number of carbonyl (C=O) groups excluding carboxylic acids is 1. The summed E-state index contributed by atoms with van der Waals surface area (Å²) in [7, 11) is 4.06. The van der Waals surface area contributed by atoms with Gasteiger partial charge in [0.15, 0.2) is 5.65 Å². The number of aryl methyl sites for hydroxylation is 2. The number of aromatic nitrogens is 3. The number of carbonyl (C=O) groups is 1. The molecule has 0 saturated carbocycles. The van der Waals surface area contributed by atoms with Crippen LogP contribution in [-0.2, 0) is 17.8 Å². The van der Waals surface area contributed by atoms with Gasteiger partial charge in [0.25, 0.3) is 0 Å². The number of likely N-dealkylation sites (tertiary alicyclic amines) is 1. The summed E-state index contributed by atoms with van der Waals surface area (Å²) in [5.74, 6) is -0.124. The lowest BCUT2D eigenvalue weighted by Gasteiger charge is -2.28. The molecule has 1 atom stereocenters. The molecule has 2 aromatic heterocycles. The summed E-state index contributed by atoms with van der Waals surface area (Å²) < 4.78 is 15.1. The Bertz CT molecular complexity index is 1040. The van der Waals surface area contributed by atoms with Crippen LogP contribution in [0.25, 0.3) is 5.65 Å². The van der Waals surface area contributed by atoms with Crippen LogP contribution in [0.1, 0.15) is 47.8 Å². The van der Waals surface area contributed by atoms with E-state index in [0.29, 0.717) is 12.8 Å². The quantitative estimate of drug-likeness (QED) is 0.625. The van der Waals surface area contributed by atoms with Crippen molar-refractivity contribution in [2.45, 2.75) is 45.2 Å². The summed E-state index contributed by atoms with van der Waals surface area (Å²) in [6.45, 7) is 3.45. The minimum atomic E-state index is -0.255. The minimum absolute atomic E-state index is 0.00883. The summed E-state index contributed by atoms with van der Waals surface area (Å²) >= 11 is 0. The van der Waals surface area contributed by atoms with Crippen molar-refractivity contribution in [2.75, 3.05) is 20.6 Å². The molecule has 0 aliphatic carbocycles. The minimum Gasteiger partial charge on any atom is -0.334 e. The van der Waals surface area contributed by atoms with Gasteiger partial charge in [0.1, 0.15) is 5.82 Å². The van der Waals surface area contributed by atoms with E-state index in [1.165, 1.54) is 12.1 Å². The maximum absolute atomic E-state index is 13.1. The van der Waals surface area contributed by atoms with E-state index < -0.39 is 0 Å². The van der Waals surface area contributed by atoms with E-state index in [2.05, 4.69) is 15.0 Å². The third-order valence-electron chi connectivity index (χ3n) is 5.64. The standard InChI is InChI=1S/C23H28FN5O/c1-16-13-21-25-14-18(15-27(2)3)23(29(21)26-16)20-5-4-12-28(20)22(30)11-8-17-6-9-19(24)10-7-17/h6-7,9-10,13-14,20H,4-5,8,11-12,15H2,1-3H3. The Morgan fingerprint density at radius 3 is 2.77 bits per heavy atom. The molecule has 0 radical (unpaired) electrons. The molecular formula is C23H28FN5O. The van der Waals surface area contributed by atoms with Crippen molar-refractivity contribution >= 4 is 11.6 Å². The fourth-order valence-corrected chi connectivity index (χ4v) is 4.31. The largest absolute Gasteiger partial charge is 0.334 e. The first-order valence-electron chi connectivity index (χ1n) is 10.4. The Labute approximate surface area is 176 Å². The van der Waals surface area contributed by atoms with Gasteiger partial charge in [0, 0.05) is 37.3 Å².